The number of para-hydroxylation sites is 1. The molecule has 1 saturated heterocycles. The lowest BCUT2D eigenvalue weighted by Gasteiger charge is -2.33. The van der Waals surface area contributed by atoms with Gasteiger partial charge in [0, 0.05) is 18.8 Å². The third-order valence-corrected chi connectivity index (χ3v) is 4.47. The van der Waals surface area contributed by atoms with E-state index in [2.05, 4.69) is 5.32 Å². The molecule has 1 aliphatic heterocycles. The summed E-state index contributed by atoms with van der Waals surface area (Å²) in [6.45, 7) is 7.78. The van der Waals surface area contributed by atoms with Crippen LogP contribution in [0, 0.1) is 19.8 Å². The highest BCUT2D eigenvalue weighted by Gasteiger charge is 2.25. The van der Waals surface area contributed by atoms with E-state index in [1.165, 1.54) is 0 Å². The third kappa shape index (κ3) is 3.97. The number of hydrogen-bond donors (Lipinski definition) is 2. The average Bonchev–Trinajstić information content (AvgIpc) is 2.46. The van der Waals surface area contributed by atoms with Crippen molar-refractivity contribution in [2.24, 2.45) is 5.92 Å². The van der Waals surface area contributed by atoms with Crippen LogP contribution in [0.15, 0.2) is 18.2 Å². The van der Waals surface area contributed by atoms with Gasteiger partial charge in [0.15, 0.2) is 0 Å². The lowest BCUT2D eigenvalue weighted by Crippen LogP contribution is -2.43. The molecule has 0 radical (unpaired) electrons. The van der Waals surface area contributed by atoms with Gasteiger partial charge in [-0.3, -0.25) is 4.79 Å². The van der Waals surface area contributed by atoms with Gasteiger partial charge in [0.25, 0.3) is 0 Å². The summed E-state index contributed by atoms with van der Waals surface area (Å²) in [5.41, 5.74) is 3.39. The molecule has 116 valence electrons. The summed E-state index contributed by atoms with van der Waals surface area (Å²) in [4.78, 5) is 14.2. The number of piperidine rings is 1. The van der Waals surface area contributed by atoms with Crippen LogP contribution in [0.1, 0.15) is 30.9 Å². The van der Waals surface area contributed by atoms with Gasteiger partial charge in [-0.15, -0.1) is 0 Å². The molecule has 0 aromatic heterocycles. The Morgan fingerprint density at radius 1 is 1.33 bits per heavy atom. The lowest BCUT2D eigenvalue weighted by atomic mass is 9.92. The minimum atomic E-state index is -0.269. The molecule has 1 aliphatic rings. The monoisotopic (exact) mass is 290 g/mol. The van der Waals surface area contributed by atoms with E-state index in [1.54, 1.807) is 0 Å². The Bertz CT molecular complexity index is 471. The number of rotatable bonds is 4. The Morgan fingerprint density at radius 3 is 2.43 bits per heavy atom. The van der Waals surface area contributed by atoms with Gasteiger partial charge in [-0.1, -0.05) is 18.2 Å². The molecule has 4 nitrogen and oxygen atoms in total. The van der Waals surface area contributed by atoms with E-state index in [9.17, 15) is 9.90 Å². The quantitative estimate of drug-likeness (QED) is 0.895. The molecule has 2 rings (SSSR count). The second-order valence-corrected chi connectivity index (χ2v) is 6.08. The van der Waals surface area contributed by atoms with Crippen LogP contribution in [0.4, 0.5) is 5.69 Å². The molecular weight excluding hydrogens is 264 g/mol. The van der Waals surface area contributed by atoms with Gasteiger partial charge >= 0.3 is 0 Å². The largest absolute Gasteiger partial charge is 0.393 e. The Kier molecular flexibility index (Phi) is 5.23. The zero-order valence-electron chi connectivity index (χ0n) is 13.2. The molecule has 1 aromatic rings. The first-order valence-electron chi connectivity index (χ1n) is 7.75. The molecule has 1 amide bonds. The Hall–Kier alpha value is -1.55. The zero-order chi connectivity index (χ0) is 15.4. The van der Waals surface area contributed by atoms with E-state index in [-0.39, 0.29) is 12.0 Å². The Morgan fingerprint density at radius 2 is 1.90 bits per heavy atom. The number of anilines is 1. The fourth-order valence-electron chi connectivity index (χ4n) is 3.00. The average molecular weight is 290 g/mol. The smallest absolute Gasteiger partial charge is 0.241 e. The number of benzene rings is 1. The highest BCUT2D eigenvalue weighted by atomic mass is 16.3. The molecule has 0 spiro atoms. The normalized spacial score (nSPS) is 17.6. The van der Waals surface area contributed by atoms with Gasteiger partial charge in [0.2, 0.25) is 5.91 Å². The van der Waals surface area contributed by atoms with Crippen molar-refractivity contribution in [3.63, 3.8) is 0 Å². The Balaban J connectivity index is 1.86. The predicted molar refractivity (Wildman–Crippen MR) is 85.4 cm³/mol. The van der Waals surface area contributed by atoms with Gasteiger partial charge in [-0.05, 0) is 50.7 Å². The maximum absolute atomic E-state index is 12.3. The molecule has 1 unspecified atom stereocenters. The lowest BCUT2D eigenvalue weighted by molar-refractivity contribution is -0.131. The first-order valence-corrected chi connectivity index (χ1v) is 7.75. The van der Waals surface area contributed by atoms with E-state index in [4.69, 9.17) is 0 Å². The fraction of sp³-hybridized carbons (Fsp3) is 0.588. The molecule has 1 heterocycles. The van der Waals surface area contributed by atoms with Crippen LogP contribution >= 0.6 is 0 Å². The molecule has 21 heavy (non-hydrogen) atoms. The molecule has 4 heteroatoms. The van der Waals surface area contributed by atoms with E-state index in [0.29, 0.717) is 12.5 Å². The van der Waals surface area contributed by atoms with Crippen molar-refractivity contribution < 1.29 is 9.90 Å². The molecule has 1 aromatic carbocycles. The SMILES string of the molecule is Cc1cccc(C)c1NCC(=O)N1CCC(C(C)O)CC1. The summed E-state index contributed by atoms with van der Waals surface area (Å²) >= 11 is 0. The molecule has 1 fully saturated rings. The first kappa shape index (κ1) is 15.8. The standard InChI is InChI=1S/C17H26N2O2/c1-12-5-4-6-13(2)17(12)18-11-16(21)19-9-7-15(8-10-19)14(3)20/h4-6,14-15,18,20H,7-11H2,1-3H3. The number of amides is 1. The van der Waals surface area contributed by atoms with Crippen molar-refractivity contribution >= 4 is 11.6 Å². The van der Waals surface area contributed by atoms with Crippen LogP contribution < -0.4 is 5.32 Å². The maximum atomic E-state index is 12.3. The number of aryl methyl sites for hydroxylation is 2. The number of hydrogen-bond acceptors (Lipinski definition) is 3. The van der Waals surface area contributed by atoms with Gasteiger partial charge in [0.05, 0.1) is 12.6 Å². The second kappa shape index (κ2) is 6.94. The van der Waals surface area contributed by atoms with Crippen molar-refractivity contribution in [1.82, 2.24) is 4.90 Å². The number of carbonyl (C=O) groups is 1. The highest BCUT2D eigenvalue weighted by Crippen LogP contribution is 2.22. The van der Waals surface area contributed by atoms with Crippen LogP contribution in [0.2, 0.25) is 0 Å². The van der Waals surface area contributed by atoms with E-state index in [1.807, 2.05) is 43.9 Å². The zero-order valence-corrected chi connectivity index (χ0v) is 13.2. The van der Waals surface area contributed by atoms with Crippen molar-refractivity contribution in [1.29, 1.82) is 0 Å². The van der Waals surface area contributed by atoms with Gasteiger partial charge in [0.1, 0.15) is 0 Å². The molecule has 0 saturated carbocycles. The number of nitrogens with zero attached hydrogens (tertiary/aromatic N) is 1. The third-order valence-electron chi connectivity index (χ3n) is 4.47. The van der Waals surface area contributed by atoms with Gasteiger partial charge < -0.3 is 15.3 Å². The van der Waals surface area contributed by atoms with Crippen molar-refractivity contribution in [2.45, 2.75) is 39.7 Å². The minimum Gasteiger partial charge on any atom is -0.393 e. The number of aliphatic hydroxyl groups excluding tert-OH is 1. The summed E-state index contributed by atoms with van der Waals surface area (Å²) in [6, 6.07) is 6.13. The predicted octanol–water partition coefficient (Wildman–Crippen LogP) is 2.33. The van der Waals surface area contributed by atoms with E-state index >= 15 is 0 Å². The van der Waals surface area contributed by atoms with Crippen molar-refractivity contribution in [3.8, 4) is 0 Å². The van der Waals surface area contributed by atoms with Crippen molar-refractivity contribution in [3.05, 3.63) is 29.3 Å². The van der Waals surface area contributed by atoms with Gasteiger partial charge in [-0.2, -0.15) is 0 Å². The molecule has 0 bridgehead atoms. The van der Waals surface area contributed by atoms with Crippen LogP contribution in [0.25, 0.3) is 0 Å². The van der Waals surface area contributed by atoms with E-state index < -0.39 is 0 Å². The summed E-state index contributed by atoms with van der Waals surface area (Å²) in [5, 5.41) is 12.9. The van der Waals surface area contributed by atoms with E-state index in [0.717, 1.165) is 42.7 Å². The number of nitrogens with one attached hydrogen (secondary N) is 1. The highest BCUT2D eigenvalue weighted by molar-refractivity contribution is 5.81. The number of aliphatic hydroxyl groups is 1. The van der Waals surface area contributed by atoms with Crippen LogP contribution in [0.5, 0.6) is 0 Å². The van der Waals surface area contributed by atoms with Crippen LogP contribution in [0.3, 0.4) is 0 Å². The molecule has 0 aliphatic carbocycles. The summed E-state index contributed by atoms with van der Waals surface area (Å²) < 4.78 is 0. The van der Waals surface area contributed by atoms with Gasteiger partial charge in [-0.25, -0.2) is 0 Å². The number of likely N-dealkylation sites (tertiary alicyclic amines) is 1. The molecule has 1 atom stereocenters. The summed E-state index contributed by atoms with van der Waals surface area (Å²) in [7, 11) is 0. The van der Waals surface area contributed by atoms with Crippen molar-refractivity contribution in [2.75, 3.05) is 25.0 Å². The minimum absolute atomic E-state index is 0.140. The Labute approximate surface area is 127 Å². The number of carbonyl (C=O) groups excluding carboxylic acids is 1. The summed E-state index contributed by atoms with van der Waals surface area (Å²) in [6.07, 6.45) is 1.52. The first-order chi connectivity index (χ1) is 9.99. The summed E-state index contributed by atoms with van der Waals surface area (Å²) in [5.74, 6) is 0.474. The molecular formula is C17H26N2O2. The van der Waals surface area contributed by atoms with Crippen LogP contribution in [-0.2, 0) is 4.79 Å². The fourth-order valence-corrected chi connectivity index (χ4v) is 3.00. The maximum Gasteiger partial charge on any atom is 0.241 e. The second-order valence-electron chi connectivity index (χ2n) is 6.08. The van der Waals surface area contributed by atoms with Crippen LogP contribution in [-0.4, -0.2) is 41.7 Å². The topological polar surface area (TPSA) is 52.6 Å². The molecule has 2 N–H and O–H groups in total.